The molecule has 0 spiro atoms. The Hall–Kier alpha value is -1.91. The van der Waals surface area contributed by atoms with E-state index in [0.717, 1.165) is 5.69 Å². The van der Waals surface area contributed by atoms with E-state index in [1.165, 1.54) is 29.5 Å². The molecule has 0 atom stereocenters. The van der Waals surface area contributed by atoms with Gasteiger partial charge in [0, 0.05) is 5.38 Å². The average Bonchev–Trinajstić information content (AvgIpc) is 2.86. The Balaban J connectivity index is 2.29. The number of rotatable bonds is 4. The van der Waals surface area contributed by atoms with E-state index < -0.39 is 10.0 Å². The molecule has 0 bridgehead atoms. The standard InChI is InChI=1S/C14H15N3O2S2/c1-9(2)13-8-20-14(16-13)17-21(18,19)12-5-4-11(7-15)10(3)6-12/h4-6,8-9H,1-3H3,(H,16,17). The third kappa shape index (κ3) is 3.40. The fourth-order valence-electron chi connectivity index (χ4n) is 1.70. The largest absolute Gasteiger partial charge is 0.263 e. The average molecular weight is 321 g/mol. The molecule has 0 unspecified atom stereocenters. The minimum absolute atomic E-state index is 0.125. The number of thiazole rings is 1. The van der Waals surface area contributed by atoms with Crippen LogP contribution < -0.4 is 4.72 Å². The zero-order valence-corrected chi connectivity index (χ0v) is 13.5. The highest BCUT2D eigenvalue weighted by Crippen LogP contribution is 2.24. The Labute approximate surface area is 128 Å². The predicted molar refractivity (Wildman–Crippen MR) is 82.9 cm³/mol. The van der Waals surface area contributed by atoms with Gasteiger partial charge in [-0.1, -0.05) is 13.8 Å². The van der Waals surface area contributed by atoms with Gasteiger partial charge in [-0.25, -0.2) is 13.4 Å². The van der Waals surface area contributed by atoms with Crippen molar-refractivity contribution in [3.8, 4) is 6.07 Å². The first-order chi connectivity index (χ1) is 9.83. The van der Waals surface area contributed by atoms with Crippen LogP contribution in [0.5, 0.6) is 0 Å². The number of sulfonamides is 1. The lowest BCUT2D eigenvalue weighted by Gasteiger charge is -2.07. The molecule has 1 N–H and O–H groups in total. The van der Waals surface area contributed by atoms with Gasteiger partial charge in [-0.3, -0.25) is 4.72 Å². The minimum Gasteiger partial charge on any atom is -0.255 e. The molecular formula is C14H15N3O2S2. The maximum Gasteiger partial charge on any atom is 0.263 e. The number of aryl methyl sites for hydroxylation is 1. The zero-order valence-electron chi connectivity index (χ0n) is 11.9. The van der Waals surface area contributed by atoms with Crippen LogP contribution in [0.25, 0.3) is 0 Å². The third-order valence-corrected chi connectivity index (χ3v) is 5.21. The molecule has 0 aliphatic carbocycles. The first kappa shape index (κ1) is 15.5. The van der Waals surface area contributed by atoms with Crippen molar-refractivity contribution in [1.29, 1.82) is 5.26 Å². The Morgan fingerprint density at radius 1 is 1.38 bits per heavy atom. The van der Waals surface area contributed by atoms with Crippen molar-refractivity contribution in [1.82, 2.24) is 4.98 Å². The van der Waals surface area contributed by atoms with E-state index in [1.54, 1.807) is 6.92 Å². The number of hydrogen-bond acceptors (Lipinski definition) is 5. The maximum atomic E-state index is 12.3. The number of nitrogens with zero attached hydrogens (tertiary/aromatic N) is 2. The van der Waals surface area contributed by atoms with Gasteiger partial charge in [0.05, 0.1) is 22.2 Å². The van der Waals surface area contributed by atoms with Crippen LogP contribution in [-0.4, -0.2) is 13.4 Å². The Bertz CT molecular complexity index is 802. The van der Waals surface area contributed by atoms with Crippen LogP contribution in [0.4, 0.5) is 5.13 Å². The quantitative estimate of drug-likeness (QED) is 0.937. The lowest BCUT2D eigenvalue weighted by atomic mass is 10.1. The summed E-state index contributed by atoms with van der Waals surface area (Å²) in [5.41, 5.74) is 1.95. The highest BCUT2D eigenvalue weighted by molar-refractivity contribution is 7.93. The van der Waals surface area contributed by atoms with Gasteiger partial charge in [0.15, 0.2) is 5.13 Å². The molecule has 0 saturated heterocycles. The van der Waals surface area contributed by atoms with Crippen molar-refractivity contribution in [3.63, 3.8) is 0 Å². The number of hydrogen-bond donors (Lipinski definition) is 1. The second-order valence-electron chi connectivity index (χ2n) is 4.93. The minimum atomic E-state index is -3.68. The van der Waals surface area contributed by atoms with E-state index >= 15 is 0 Å². The number of anilines is 1. The topological polar surface area (TPSA) is 82.8 Å². The van der Waals surface area contributed by atoms with E-state index in [1.807, 2.05) is 25.3 Å². The fraction of sp³-hybridized carbons (Fsp3) is 0.286. The molecule has 0 saturated carbocycles. The molecule has 1 aromatic carbocycles. The van der Waals surface area contributed by atoms with Crippen molar-refractivity contribution >= 4 is 26.5 Å². The van der Waals surface area contributed by atoms with Crippen LogP contribution in [-0.2, 0) is 10.0 Å². The number of aromatic nitrogens is 1. The van der Waals surface area contributed by atoms with Gasteiger partial charge in [-0.05, 0) is 36.6 Å². The summed E-state index contributed by atoms with van der Waals surface area (Å²) in [6.07, 6.45) is 0. The highest BCUT2D eigenvalue weighted by atomic mass is 32.2. The zero-order chi connectivity index (χ0) is 15.6. The fourth-order valence-corrected chi connectivity index (χ4v) is 3.91. The van der Waals surface area contributed by atoms with Crippen molar-refractivity contribution in [2.45, 2.75) is 31.6 Å². The maximum absolute atomic E-state index is 12.3. The Morgan fingerprint density at radius 2 is 2.10 bits per heavy atom. The summed E-state index contributed by atoms with van der Waals surface area (Å²) in [7, 11) is -3.68. The van der Waals surface area contributed by atoms with E-state index in [4.69, 9.17) is 5.26 Å². The van der Waals surface area contributed by atoms with Gasteiger partial charge in [0.25, 0.3) is 10.0 Å². The van der Waals surface area contributed by atoms with Gasteiger partial charge in [0.1, 0.15) is 0 Å². The van der Waals surface area contributed by atoms with Crippen LogP contribution in [0.1, 0.15) is 36.6 Å². The molecule has 1 aromatic heterocycles. The smallest absolute Gasteiger partial charge is 0.255 e. The SMILES string of the molecule is Cc1cc(S(=O)(=O)Nc2nc(C(C)C)cs2)ccc1C#N. The summed E-state index contributed by atoms with van der Waals surface area (Å²) in [4.78, 5) is 4.38. The molecule has 0 aliphatic heterocycles. The molecule has 0 fully saturated rings. The van der Waals surface area contributed by atoms with Crippen molar-refractivity contribution in [2.75, 3.05) is 4.72 Å². The van der Waals surface area contributed by atoms with Crippen LogP contribution in [0, 0.1) is 18.3 Å². The van der Waals surface area contributed by atoms with E-state index in [0.29, 0.717) is 16.3 Å². The van der Waals surface area contributed by atoms with Crippen LogP contribution in [0.3, 0.4) is 0 Å². The van der Waals surface area contributed by atoms with E-state index in [2.05, 4.69) is 9.71 Å². The monoisotopic (exact) mass is 321 g/mol. The molecule has 0 aliphatic rings. The highest BCUT2D eigenvalue weighted by Gasteiger charge is 2.17. The van der Waals surface area contributed by atoms with Gasteiger partial charge in [0.2, 0.25) is 0 Å². The summed E-state index contributed by atoms with van der Waals surface area (Å²) >= 11 is 1.26. The molecule has 21 heavy (non-hydrogen) atoms. The molecule has 7 heteroatoms. The summed E-state index contributed by atoms with van der Waals surface area (Å²) in [5.74, 6) is 0.247. The summed E-state index contributed by atoms with van der Waals surface area (Å²) < 4.78 is 27.1. The number of nitrogens with one attached hydrogen (secondary N) is 1. The summed E-state index contributed by atoms with van der Waals surface area (Å²) in [5, 5.41) is 11.1. The first-order valence-electron chi connectivity index (χ1n) is 6.32. The normalized spacial score (nSPS) is 11.4. The second-order valence-corrected chi connectivity index (χ2v) is 7.47. The lowest BCUT2D eigenvalue weighted by Crippen LogP contribution is -2.13. The predicted octanol–water partition coefficient (Wildman–Crippen LogP) is 3.25. The van der Waals surface area contributed by atoms with Crippen molar-refractivity contribution in [2.24, 2.45) is 0 Å². The van der Waals surface area contributed by atoms with Crippen LogP contribution in [0.2, 0.25) is 0 Å². The second kappa shape index (κ2) is 5.84. The molecule has 2 rings (SSSR count). The molecule has 0 amide bonds. The molecule has 5 nitrogen and oxygen atoms in total. The molecule has 110 valence electrons. The lowest BCUT2D eigenvalue weighted by molar-refractivity contribution is 0.601. The molecule has 0 radical (unpaired) electrons. The molecular weight excluding hydrogens is 306 g/mol. The number of nitriles is 1. The Kier molecular flexibility index (Phi) is 4.30. The Morgan fingerprint density at radius 3 is 2.62 bits per heavy atom. The van der Waals surface area contributed by atoms with Gasteiger partial charge < -0.3 is 0 Å². The van der Waals surface area contributed by atoms with Gasteiger partial charge >= 0.3 is 0 Å². The summed E-state index contributed by atoms with van der Waals surface area (Å²) in [6.45, 7) is 5.70. The van der Waals surface area contributed by atoms with E-state index in [9.17, 15) is 8.42 Å². The van der Waals surface area contributed by atoms with Crippen molar-refractivity contribution in [3.05, 3.63) is 40.4 Å². The van der Waals surface area contributed by atoms with Crippen molar-refractivity contribution < 1.29 is 8.42 Å². The van der Waals surface area contributed by atoms with Crippen LogP contribution >= 0.6 is 11.3 Å². The molecule has 2 aromatic rings. The van der Waals surface area contributed by atoms with Crippen LogP contribution in [0.15, 0.2) is 28.5 Å². The van der Waals surface area contributed by atoms with Gasteiger partial charge in [-0.15, -0.1) is 11.3 Å². The van der Waals surface area contributed by atoms with Gasteiger partial charge in [-0.2, -0.15) is 5.26 Å². The summed E-state index contributed by atoms with van der Waals surface area (Å²) in [6, 6.07) is 6.42. The first-order valence-corrected chi connectivity index (χ1v) is 8.69. The molecule has 1 heterocycles. The number of benzene rings is 1. The van der Waals surface area contributed by atoms with E-state index in [-0.39, 0.29) is 10.8 Å². The third-order valence-electron chi connectivity index (χ3n) is 2.96.